The summed E-state index contributed by atoms with van der Waals surface area (Å²) in [6.45, 7) is 7.19. The fraction of sp³-hybridized carbons (Fsp3) is 0.450. The summed E-state index contributed by atoms with van der Waals surface area (Å²) in [5.41, 5.74) is 0.805. The molecule has 0 bridgehead atoms. The van der Waals surface area contributed by atoms with Gasteiger partial charge in [0.05, 0.1) is 0 Å². The number of carbonyl (C=O) groups excluding carboxylic acids is 1. The summed E-state index contributed by atoms with van der Waals surface area (Å²) in [5.74, 6) is 0.779. The summed E-state index contributed by atoms with van der Waals surface area (Å²) < 4.78 is 0. The number of fused-ring (bicyclic) bond motifs is 1. The van der Waals surface area contributed by atoms with Crippen molar-refractivity contribution < 1.29 is 4.79 Å². The van der Waals surface area contributed by atoms with Gasteiger partial charge < -0.3 is 10.2 Å². The van der Waals surface area contributed by atoms with Gasteiger partial charge in [0.15, 0.2) is 0 Å². The minimum Gasteiger partial charge on any atom is -0.334 e. The molecule has 130 valence electrons. The van der Waals surface area contributed by atoms with Crippen LogP contribution in [0.5, 0.6) is 0 Å². The van der Waals surface area contributed by atoms with E-state index >= 15 is 0 Å². The highest BCUT2D eigenvalue weighted by Gasteiger charge is 2.27. The molecular formula is C20H27ClN2O. The van der Waals surface area contributed by atoms with Crippen LogP contribution in [0.4, 0.5) is 0 Å². The third-order valence-corrected chi connectivity index (χ3v) is 4.68. The number of nitrogens with zero attached hydrogens (tertiary/aromatic N) is 1. The SMILES string of the molecule is CC(C)CCN(C(=O)c1ccc2ccccc2c1)[C@@H]1CCNC1.Cl. The predicted molar refractivity (Wildman–Crippen MR) is 103 cm³/mol. The molecule has 0 unspecified atom stereocenters. The van der Waals surface area contributed by atoms with Gasteiger partial charge >= 0.3 is 0 Å². The standard InChI is InChI=1S/C20H26N2O.ClH/c1-15(2)10-12-22(19-9-11-21-14-19)20(23)18-8-7-16-5-3-4-6-17(16)13-18;/h3-8,13,15,19,21H,9-12,14H2,1-2H3;1H/t19-;/m1./s1. The number of benzene rings is 2. The van der Waals surface area contributed by atoms with Crippen molar-refractivity contribution in [3.8, 4) is 0 Å². The second-order valence-electron chi connectivity index (χ2n) is 6.89. The first kappa shape index (κ1) is 18.8. The molecular weight excluding hydrogens is 320 g/mol. The first-order valence-corrected chi connectivity index (χ1v) is 8.65. The smallest absolute Gasteiger partial charge is 0.254 e. The highest BCUT2D eigenvalue weighted by molar-refractivity contribution is 5.98. The molecule has 1 fully saturated rings. The summed E-state index contributed by atoms with van der Waals surface area (Å²) in [6, 6.07) is 14.6. The van der Waals surface area contributed by atoms with Crippen LogP contribution in [0.15, 0.2) is 42.5 Å². The summed E-state index contributed by atoms with van der Waals surface area (Å²) in [5, 5.41) is 5.69. The van der Waals surface area contributed by atoms with Crippen LogP contribution in [-0.4, -0.2) is 36.5 Å². The summed E-state index contributed by atoms with van der Waals surface area (Å²) >= 11 is 0. The van der Waals surface area contributed by atoms with E-state index < -0.39 is 0 Å². The first-order chi connectivity index (χ1) is 11.1. The lowest BCUT2D eigenvalue weighted by Gasteiger charge is -2.29. The molecule has 1 heterocycles. The number of halogens is 1. The first-order valence-electron chi connectivity index (χ1n) is 8.65. The van der Waals surface area contributed by atoms with Crippen LogP contribution < -0.4 is 5.32 Å². The van der Waals surface area contributed by atoms with Crippen molar-refractivity contribution in [2.75, 3.05) is 19.6 Å². The molecule has 1 aliphatic rings. The van der Waals surface area contributed by atoms with Crippen LogP contribution in [0.1, 0.15) is 37.0 Å². The molecule has 0 aliphatic carbocycles. The van der Waals surface area contributed by atoms with E-state index in [4.69, 9.17) is 0 Å². The zero-order chi connectivity index (χ0) is 16.2. The van der Waals surface area contributed by atoms with Gasteiger partial charge in [-0.25, -0.2) is 0 Å². The van der Waals surface area contributed by atoms with Gasteiger partial charge in [-0.15, -0.1) is 12.4 Å². The Morgan fingerprint density at radius 2 is 1.96 bits per heavy atom. The quantitative estimate of drug-likeness (QED) is 0.883. The molecule has 1 saturated heterocycles. The Morgan fingerprint density at radius 1 is 1.21 bits per heavy atom. The zero-order valence-electron chi connectivity index (χ0n) is 14.5. The number of carbonyl (C=O) groups is 1. The molecule has 0 saturated carbocycles. The van der Waals surface area contributed by atoms with E-state index in [0.717, 1.165) is 43.4 Å². The monoisotopic (exact) mass is 346 g/mol. The van der Waals surface area contributed by atoms with E-state index in [1.165, 1.54) is 5.39 Å². The summed E-state index contributed by atoms with van der Waals surface area (Å²) in [6.07, 6.45) is 2.10. The molecule has 0 spiro atoms. The van der Waals surface area contributed by atoms with Crippen LogP contribution in [0.25, 0.3) is 10.8 Å². The van der Waals surface area contributed by atoms with Crippen LogP contribution in [0, 0.1) is 5.92 Å². The Balaban J connectivity index is 0.00000208. The molecule has 4 heteroatoms. The molecule has 0 aromatic heterocycles. The molecule has 2 aromatic carbocycles. The van der Waals surface area contributed by atoms with Crippen molar-refractivity contribution in [1.29, 1.82) is 0 Å². The Bertz CT molecular complexity index is 680. The molecule has 24 heavy (non-hydrogen) atoms. The molecule has 0 radical (unpaired) electrons. The average molecular weight is 347 g/mol. The minimum atomic E-state index is 0. The zero-order valence-corrected chi connectivity index (χ0v) is 15.3. The Morgan fingerprint density at radius 3 is 2.62 bits per heavy atom. The molecule has 2 aromatic rings. The number of hydrogen-bond acceptors (Lipinski definition) is 2. The fourth-order valence-electron chi connectivity index (χ4n) is 3.24. The lowest BCUT2D eigenvalue weighted by Crippen LogP contribution is -2.42. The second-order valence-corrected chi connectivity index (χ2v) is 6.89. The topological polar surface area (TPSA) is 32.3 Å². The van der Waals surface area contributed by atoms with Gasteiger partial charge in [-0.1, -0.05) is 44.2 Å². The maximum absolute atomic E-state index is 13.1. The van der Waals surface area contributed by atoms with Crippen LogP contribution in [-0.2, 0) is 0 Å². The lowest BCUT2D eigenvalue weighted by atomic mass is 10.0. The molecule has 3 nitrogen and oxygen atoms in total. The van der Waals surface area contributed by atoms with Gasteiger partial charge in [0.2, 0.25) is 0 Å². The van der Waals surface area contributed by atoms with Gasteiger partial charge in [-0.2, -0.15) is 0 Å². The largest absolute Gasteiger partial charge is 0.334 e. The minimum absolute atomic E-state index is 0. The maximum Gasteiger partial charge on any atom is 0.254 e. The molecule has 1 N–H and O–H groups in total. The third-order valence-electron chi connectivity index (χ3n) is 4.68. The fourth-order valence-corrected chi connectivity index (χ4v) is 3.24. The highest BCUT2D eigenvalue weighted by Crippen LogP contribution is 2.20. The normalized spacial score (nSPS) is 17.0. The summed E-state index contributed by atoms with van der Waals surface area (Å²) in [4.78, 5) is 15.2. The van der Waals surface area contributed by atoms with Crippen LogP contribution >= 0.6 is 12.4 Å². The van der Waals surface area contributed by atoms with E-state index in [1.807, 2.05) is 24.3 Å². The van der Waals surface area contributed by atoms with E-state index in [9.17, 15) is 4.79 Å². The van der Waals surface area contributed by atoms with E-state index in [1.54, 1.807) is 0 Å². The van der Waals surface area contributed by atoms with E-state index in [2.05, 4.69) is 42.3 Å². The van der Waals surface area contributed by atoms with Crippen molar-refractivity contribution >= 4 is 29.1 Å². The summed E-state index contributed by atoms with van der Waals surface area (Å²) in [7, 11) is 0. The maximum atomic E-state index is 13.1. The number of rotatable bonds is 5. The van der Waals surface area contributed by atoms with Crippen molar-refractivity contribution in [3.05, 3.63) is 48.0 Å². The molecule has 1 atom stereocenters. The molecule has 3 rings (SSSR count). The van der Waals surface area contributed by atoms with Crippen LogP contribution in [0.3, 0.4) is 0 Å². The van der Waals surface area contributed by atoms with E-state index in [-0.39, 0.29) is 18.3 Å². The third kappa shape index (κ3) is 4.28. The number of amides is 1. The predicted octanol–water partition coefficient (Wildman–Crippen LogP) is 4.11. The average Bonchev–Trinajstić information content (AvgIpc) is 3.08. The lowest BCUT2D eigenvalue weighted by molar-refractivity contribution is 0.0683. The number of nitrogens with one attached hydrogen (secondary N) is 1. The van der Waals surface area contributed by atoms with Crippen molar-refractivity contribution in [1.82, 2.24) is 10.2 Å². The van der Waals surface area contributed by atoms with Gasteiger partial charge in [0, 0.05) is 24.7 Å². The van der Waals surface area contributed by atoms with Crippen molar-refractivity contribution in [2.45, 2.75) is 32.7 Å². The Kier molecular flexibility index (Phi) is 6.64. The highest BCUT2D eigenvalue weighted by atomic mass is 35.5. The molecule has 1 amide bonds. The molecule has 1 aliphatic heterocycles. The van der Waals surface area contributed by atoms with Gasteiger partial charge in [0.25, 0.3) is 5.91 Å². The van der Waals surface area contributed by atoms with Crippen molar-refractivity contribution in [2.24, 2.45) is 5.92 Å². The van der Waals surface area contributed by atoms with Gasteiger partial charge in [0.1, 0.15) is 0 Å². The van der Waals surface area contributed by atoms with Crippen molar-refractivity contribution in [3.63, 3.8) is 0 Å². The van der Waals surface area contributed by atoms with Gasteiger partial charge in [-0.05, 0) is 48.2 Å². The Hall–Kier alpha value is -1.58. The second kappa shape index (κ2) is 8.50. The number of hydrogen-bond donors (Lipinski definition) is 1. The van der Waals surface area contributed by atoms with Gasteiger partial charge in [-0.3, -0.25) is 4.79 Å². The Labute approximate surface area is 150 Å². The van der Waals surface area contributed by atoms with E-state index in [0.29, 0.717) is 12.0 Å². The van der Waals surface area contributed by atoms with Crippen LogP contribution in [0.2, 0.25) is 0 Å².